The Morgan fingerprint density at radius 2 is 2.07 bits per heavy atom. The van der Waals surface area contributed by atoms with Crippen molar-refractivity contribution in [2.75, 3.05) is 12.5 Å². The van der Waals surface area contributed by atoms with Gasteiger partial charge in [0.05, 0.1) is 30.8 Å². The number of hydrogen-bond donors (Lipinski definition) is 0. The van der Waals surface area contributed by atoms with Crippen molar-refractivity contribution >= 4 is 11.6 Å². The molecule has 3 fully saturated rings. The van der Waals surface area contributed by atoms with Gasteiger partial charge in [-0.15, -0.1) is 11.6 Å². The summed E-state index contributed by atoms with van der Waals surface area (Å²) in [6, 6.07) is 0. The molecular formula is C10H15ClO3. The maximum Gasteiger partial charge on any atom is 0.161 e. The Labute approximate surface area is 88.7 Å². The minimum absolute atomic E-state index is 0.0242. The van der Waals surface area contributed by atoms with Gasteiger partial charge >= 0.3 is 0 Å². The molecule has 2 saturated heterocycles. The Balaban J connectivity index is 1.55. The fraction of sp³-hybridized carbons (Fsp3) is 1.00. The predicted molar refractivity (Wildman–Crippen MR) is 51.3 cm³/mol. The van der Waals surface area contributed by atoms with Crippen LogP contribution in [0.5, 0.6) is 0 Å². The molecule has 5 atom stereocenters. The quantitative estimate of drug-likeness (QED) is 0.520. The van der Waals surface area contributed by atoms with Gasteiger partial charge in [0, 0.05) is 5.92 Å². The smallest absolute Gasteiger partial charge is 0.161 e. The topological polar surface area (TPSA) is 31.0 Å². The van der Waals surface area contributed by atoms with Crippen LogP contribution in [0.1, 0.15) is 19.3 Å². The third-order valence-corrected chi connectivity index (χ3v) is 3.72. The molecule has 80 valence electrons. The molecule has 4 heteroatoms. The number of ether oxygens (including phenoxy) is 3. The van der Waals surface area contributed by atoms with Crippen LogP contribution in [0.25, 0.3) is 0 Å². The van der Waals surface area contributed by atoms with Gasteiger partial charge in [0.15, 0.2) is 6.29 Å². The summed E-state index contributed by atoms with van der Waals surface area (Å²) in [5.41, 5.74) is 0. The summed E-state index contributed by atoms with van der Waals surface area (Å²) < 4.78 is 16.8. The Hall–Kier alpha value is 0.170. The average molecular weight is 219 g/mol. The molecule has 3 aliphatic rings. The molecule has 1 saturated carbocycles. The van der Waals surface area contributed by atoms with Crippen LogP contribution in [0.3, 0.4) is 0 Å². The highest BCUT2D eigenvalue weighted by molar-refractivity contribution is 6.18. The number of epoxide rings is 1. The first-order valence-electron chi connectivity index (χ1n) is 5.35. The van der Waals surface area contributed by atoms with E-state index in [0.29, 0.717) is 30.6 Å². The molecule has 0 aromatic rings. The van der Waals surface area contributed by atoms with E-state index < -0.39 is 0 Å². The maximum atomic E-state index is 5.72. The van der Waals surface area contributed by atoms with Crippen molar-refractivity contribution in [1.29, 1.82) is 0 Å². The predicted octanol–water partition coefficient (Wildman–Crippen LogP) is 1.53. The number of fused-ring (bicyclic) bond motifs is 1. The zero-order valence-corrected chi connectivity index (χ0v) is 8.78. The van der Waals surface area contributed by atoms with Crippen molar-refractivity contribution in [3.63, 3.8) is 0 Å². The van der Waals surface area contributed by atoms with E-state index >= 15 is 0 Å². The van der Waals surface area contributed by atoms with E-state index in [1.807, 2.05) is 0 Å². The van der Waals surface area contributed by atoms with Crippen molar-refractivity contribution in [2.24, 2.45) is 5.92 Å². The van der Waals surface area contributed by atoms with E-state index in [0.717, 1.165) is 6.42 Å². The van der Waals surface area contributed by atoms with E-state index in [9.17, 15) is 0 Å². The molecule has 2 heterocycles. The first-order chi connectivity index (χ1) is 6.86. The van der Waals surface area contributed by atoms with Gasteiger partial charge in [0.1, 0.15) is 0 Å². The molecule has 0 amide bonds. The van der Waals surface area contributed by atoms with Gasteiger partial charge in [0.2, 0.25) is 0 Å². The Bertz CT molecular complexity index is 223. The molecule has 0 unspecified atom stereocenters. The second-order valence-electron chi connectivity index (χ2n) is 4.40. The fourth-order valence-corrected chi connectivity index (χ4v) is 2.64. The highest BCUT2D eigenvalue weighted by Gasteiger charge is 2.47. The summed E-state index contributed by atoms with van der Waals surface area (Å²) in [6.07, 6.45) is 4.56. The Morgan fingerprint density at radius 3 is 2.79 bits per heavy atom. The SMILES string of the molecule is ClC[C@H]1CO[C@@H]([C@@H]2CC[C@@H]3O[C@@H]3C2)O1. The molecule has 0 aromatic carbocycles. The number of halogens is 1. The van der Waals surface area contributed by atoms with E-state index in [1.54, 1.807) is 0 Å². The van der Waals surface area contributed by atoms with Crippen LogP contribution in [0, 0.1) is 5.92 Å². The maximum absolute atomic E-state index is 5.72. The van der Waals surface area contributed by atoms with Gasteiger partial charge in [-0.05, 0) is 19.3 Å². The molecule has 3 rings (SSSR count). The van der Waals surface area contributed by atoms with E-state index in [4.69, 9.17) is 25.8 Å². The van der Waals surface area contributed by atoms with E-state index in [-0.39, 0.29) is 12.4 Å². The summed E-state index contributed by atoms with van der Waals surface area (Å²) in [5.74, 6) is 1.05. The van der Waals surface area contributed by atoms with Crippen LogP contribution >= 0.6 is 11.6 Å². The minimum atomic E-state index is -0.0242. The summed E-state index contributed by atoms with van der Waals surface area (Å²) >= 11 is 5.72. The number of alkyl halides is 1. The van der Waals surface area contributed by atoms with E-state index in [1.165, 1.54) is 12.8 Å². The van der Waals surface area contributed by atoms with Crippen molar-refractivity contribution < 1.29 is 14.2 Å². The summed E-state index contributed by atoms with van der Waals surface area (Å²) in [7, 11) is 0. The monoisotopic (exact) mass is 218 g/mol. The molecule has 0 spiro atoms. The summed E-state index contributed by atoms with van der Waals surface area (Å²) in [4.78, 5) is 0. The van der Waals surface area contributed by atoms with Crippen molar-refractivity contribution in [3.8, 4) is 0 Å². The molecule has 2 aliphatic heterocycles. The highest BCUT2D eigenvalue weighted by atomic mass is 35.5. The fourth-order valence-electron chi connectivity index (χ4n) is 2.48. The number of hydrogen-bond acceptors (Lipinski definition) is 3. The third kappa shape index (κ3) is 1.67. The molecule has 1 aliphatic carbocycles. The average Bonchev–Trinajstić information content (AvgIpc) is 2.84. The zero-order valence-electron chi connectivity index (χ0n) is 8.02. The van der Waals surface area contributed by atoms with Crippen LogP contribution in [0.2, 0.25) is 0 Å². The van der Waals surface area contributed by atoms with Crippen molar-refractivity contribution in [3.05, 3.63) is 0 Å². The third-order valence-electron chi connectivity index (χ3n) is 3.37. The summed E-state index contributed by atoms with van der Waals surface area (Å²) in [5, 5.41) is 0. The second kappa shape index (κ2) is 3.63. The van der Waals surface area contributed by atoms with E-state index in [2.05, 4.69) is 0 Å². The van der Waals surface area contributed by atoms with Gasteiger partial charge in [0.25, 0.3) is 0 Å². The van der Waals surface area contributed by atoms with Crippen LogP contribution in [-0.2, 0) is 14.2 Å². The molecule has 14 heavy (non-hydrogen) atoms. The largest absolute Gasteiger partial charge is 0.370 e. The van der Waals surface area contributed by atoms with Crippen LogP contribution < -0.4 is 0 Å². The highest BCUT2D eigenvalue weighted by Crippen LogP contribution is 2.42. The van der Waals surface area contributed by atoms with Crippen molar-refractivity contribution in [1.82, 2.24) is 0 Å². The molecular weight excluding hydrogens is 204 g/mol. The molecule has 0 N–H and O–H groups in total. The molecule has 0 radical (unpaired) electrons. The van der Waals surface area contributed by atoms with Gasteiger partial charge < -0.3 is 14.2 Å². The number of rotatable bonds is 2. The van der Waals surface area contributed by atoms with Crippen LogP contribution in [-0.4, -0.2) is 37.1 Å². The first kappa shape index (κ1) is 9.40. The van der Waals surface area contributed by atoms with Crippen molar-refractivity contribution in [2.45, 2.75) is 43.9 Å². The molecule has 0 bridgehead atoms. The first-order valence-corrected chi connectivity index (χ1v) is 5.89. The second-order valence-corrected chi connectivity index (χ2v) is 4.71. The standard InChI is InChI=1S/C10H15ClO3/c11-4-7-5-12-10(13-7)6-1-2-8-9(3-6)14-8/h6-10H,1-5H2/t6-,7+,8+,9-,10-/m1/s1. The Kier molecular flexibility index (Phi) is 2.44. The summed E-state index contributed by atoms with van der Waals surface area (Å²) in [6.45, 7) is 0.652. The molecule has 3 nitrogen and oxygen atoms in total. The lowest BCUT2D eigenvalue weighted by atomic mass is 9.89. The molecule has 0 aromatic heterocycles. The zero-order chi connectivity index (χ0) is 9.54. The van der Waals surface area contributed by atoms with Gasteiger partial charge in [-0.3, -0.25) is 0 Å². The van der Waals surface area contributed by atoms with Gasteiger partial charge in [-0.25, -0.2) is 0 Å². The lowest BCUT2D eigenvalue weighted by molar-refractivity contribution is -0.100. The Morgan fingerprint density at radius 1 is 1.14 bits per heavy atom. The van der Waals surface area contributed by atoms with Crippen LogP contribution in [0.4, 0.5) is 0 Å². The normalized spacial score (nSPS) is 51.6. The van der Waals surface area contributed by atoms with Crippen LogP contribution in [0.15, 0.2) is 0 Å². The van der Waals surface area contributed by atoms with Gasteiger partial charge in [-0.1, -0.05) is 0 Å². The minimum Gasteiger partial charge on any atom is -0.370 e. The lowest BCUT2D eigenvalue weighted by Gasteiger charge is -2.23. The lowest BCUT2D eigenvalue weighted by Crippen LogP contribution is -2.27. The van der Waals surface area contributed by atoms with Gasteiger partial charge in [-0.2, -0.15) is 0 Å².